The second-order valence-electron chi connectivity index (χ2n) is 3.19. The lowest BCUT2D eigenvalue weighted by atomic mass is 10.0. The predicted octanol–water partition coefficient (Wildman–Crippen LogP) is 3.35. The van der Waals surface area contributed by atoms with Crippen molar-refractivity contribution in [2.24, 2.45) is 0 Å². The van der Waals surface area contributed by atoms with Crippen LogP contribution in [0.4, 0.5) is 4.39 Å². The molecule has 0 unspecified atom stereocenters. The maximum Gasteiger partial charge on any atom is 0.150 e. The van der Waals surface area contributed by atoms with Gasteiger partial charge in [0, 0.05) is 17.3 Å². The van der Waals surface area contributed by atoms with Crippen LogP contribution < -0.4 is 0 Å². The molecule has 1 aromatic heterocycles. The van der Waals surface area contributed by atoms with E-state index in [4.69, 9.17) is 11.6 Å². The molecule has 0 radical (unpaired) electrons. The predicted molar refractivity (Wildman–Crippen MR) is 60.0 cm³/mol. The van der Waals surface area contributed by atoms with E-state index in [9.17, 15) is 9.18 Å². The number of nitrogens with zero attached hydrogens (tertiary/aromatic N) is 1. The standard InChI is InChI=1S/C12H7ClFNO/c13-12-11(9(7-16)5-6-15-12)8-1-3-10(14)4-2-8/h1-7H. The minimum absolute atomic E-state index is 0.233. The van der Waals surface area contributed by atoms with Crippen molar-refractivity contribution in [2.45, 2.75) is 0 Å². The van der Waals surface area contributed by atoms with E-state index in [-0.39, 0.29) is 11.0 Å². The molecule has 0 saturated heterocycles. The maximum atomic E-state index is 12.8. The molecule has 2 nitrogen and oxygen atoms in total. The second kappa shape index (κ2) is 4.41. The molecule has 1 aromatic carbocycles. The van der Waals surface area contributed by atoms with Crippen LogP contribution in [0.2, 0.25) is 5.15 Å². The van der Waals surface area contributed by atoms with Crippen LogP contribution in [0.1, 0.15) is 10.4 Å². The molecule has 2 rings (SSSR count). The van der Waals surface area contributed by atoms with Gasteiger partial charge in [-0.05, 0) is 23.8 Å². The van der Waals surface area contributed by atoms with E-state index in [0.29, 0.717) is 23.0 Å². The average molecular weight is 236 g/mol. The van der Waals surface area contributed by atoms with Crippen molar-refractivity contribution in [1.82, 2.24) is 4.98 Å². The summed E-state index contributed by atoms with van der Waals surface area (Å²) in [5.41, 5.74) is 1.63. The van der Waals surface area contributed by atoms with Gasteiger partial charge in [-0.25, -0.2) is 9.37 Å². The smallest absolute Gasteiger partial charge is 0.150 e. The van der Waals surface area contributed by atoms with Crippen LogP contribution in [0.3, 0.4) is 0 Å². The fourth-order valence-corrected chi connectivity index (χ4v) is 1.73. The summed E-state index contributed by atoms with van der Waals surface area (Å²) in [6.07, 6.45) is 2.16. The van der Waals surface area contributed by atoms with Crippen LogP contribution in [0.25, 0.3) is 11.1 Å². The van der Waals surface area contributed by atoms with Crippen molar-refractivity contribution in [3.8, 4) is 11.1 Å². The molecule has 2 aromatic rings. The summed E-state index contributed by atoms with van der Waals surface area (Å²) in [4.78, 5) is 14.8. The summed E-state index contributed by atoms with van der Waals surface area (Å²) in [6.45, 7) is 0. The Balaban J connectivity index is 2.63. The average Bonchev–Trinajstić information content (AvgIpc) is 2.30. The Morgan fingerprint density at radius 1 is 1.19 bits per heavy atom. The van der Waals surface area contributed by atoms with Gasteiger partial charge in [-0.3, -0.25) is 4.79 Å². The Kier molecular flexibility index (Phi) is 2.97. The SMILES string of the molecule is O=Cc1ccnc(Cl)c1-c1ccc(F)cc1. The van der Waals surface area contributed by atoms with Crippen molar-refractivity contribution in [2.75, 3.05) is 0 Å². The highest BCUT2D eigenvalue weighted by atomic mass is 35.5. The highest BCUT2D eigenvalue weighted by molar-refractivity contribution is 6.32. The number of benzene rings is 1. The highest BCUT2D eigenvalue weighted by Crippen LogP contribution is 2.28. The third-order valence-electron chi connectivity index (χ3n) is 2.20. The number of aldehydes is 1. The lowest BCUT2D eigenvalue weighted by molar-refractivity contribution is 0.112. The van der Waals surface area contributed by atoms with Gasteiger partial charge in [0.1, 0.15) is 11.0 Å². The minimum Gasteiger partial charge on any atom is -0.298 e. The van der Waals surface area contributed by atoms with E-state index in [2.05, 4.69) is 4.98 Å². The molecule has 0 bridgehead atoms. The molecule has 0 aliphatic heterocycles. The number of carbonyl (C=O) groups is 1. The summed E-state index contributed by atoms with van der Waals surface area (Å²) >= 11 is 5.92. The first-order valence-corrected chi connectivity index (χ1v) is 4.96. The fraction of sp³-hybridized carbons (Fsp3) is 0. The Morgan fingerprint density at radius 3 is 2.50 bits per heavy atom. The maximum absolute atomic E-state index is 12.8. The molecular formula is C12H7ClFNO. The zero-order valence-corrected chi connectivity index (χ0v) is 8.91. The molecule has 0 amide bonds. The first-order chi connectivity index (χ1) is 7.72. The Hall–Kier alpha value is -1.74. The van der Waals surface area contributed by atoms with Crippen LogP contribution in [0.15, 0.2) is 36.5 Å². The van der Waals surface area contributed by atoms with Gasteiger partial charge in [0.25, 0.3) is 0 Å². The van der Waals surface area contributed by atoms with Crippen LogP contribution in [0.5, 0.6) is 0 Å². The topological polar surface area (TPSA) is 30.0 Å². The zero-order valence-electron chi connectivity index (χ0n) is 8.15. The first kappa shape index (κ1) is 10.8. The van der Waals surface area contributed by atoms with Gasteiger partial charge in [0.2, 0.25) is 0 Å². The highest BCUT2D eigenvalue weighted by Gasteiger charge is 2.09. The van der Waals surface area contributed by atoms with Crippen LogP contribution >= 0.6 is 11.6 Å². The first-order valence-electron chi connectivity index (χ1n) is 4.58. The number of aromatic nitrogens is 1. The number of halogens is 2. The van der Waals surface area contributed by atoms with Gasteiger partial charge in [0.05, 0.1) is 0 Å². The van der Waals surface area contributed by atoms with Crippen molar-refractivity contribution in [3.63, 3.8) is 0 Å². The van der Waals surface area contributed by atoms with Crippen molar-refractivity contribution < 1.29 is 9.18 Å². The Bertz CT molecular complexity index is 525. The van der Waals surface area contributed by atoms with Gasteiger partial charge in [0.15, 0.2) is 6.29 Å². The molecule has 1 heterocycles. The summed E-state index contributed by atoms with van der Waals surface area (Å²) < 4.78 is 12.8. The van der Waals surface area contributed by atoms with Crippen molar-refractivity contribution in [3.05, 3.63) is 53.1 Å². The van der Waals surface area contributed by atoms with Crippen LogP contribution in [-0.4, -0.2) is 11.3 Å². The fourth-order valence-electron chi connectivity index (χ4n) is 1.45. The number of hydrogen-bond acceptors (Lipinski definition) is 2. The normalized spacial score (nSPS) is 10.1. The molecular weight excluding hydrogens is 229 g/mol. The van der Waals surface area contributed by atoms with Gasteiger partial charge < -0.3 is 0 Å². The quantitative estimate of drug-likeness (QED) is 0.590. The van der Waals surface area contributed by atoms with Crippen molar-refractivity contribution >= 4 is 17.9 Å². The number of carbonyl (C=O) groups excluding carboxylic acids is 1. The van der Waals surface area contributed by atoms with Gasteiger partial charge in [-0.2, -0.15) is 0 Å². The lowest BCUT2D eigenvalue weighted by Crippen LogP contribution is -1.91. The third-order valence-corrected chi connectivity index (χ3v) is 2.48. The number of rotatable bonds is 2. The van der Waals surface area contributed by atoms with E-state index in [0.717, 1.165) is 0 Å². The Morgan fingerprint density at radius 2 is 1.88 bits per heavy atom. The lowest BCUT2D eigenvalue weighted by Gasteiger charge is -2.06. The van der Waals surface area contributed by atoms with E-state index in [1.165, 1.54) is 18.3 Å². The van der Waals surface area contributed by atoms with Gasteiger partial charge >= 0.3 is 0 Å². The third kappa shape index (κ3) is 1.95. The van der Waals surface area contributed by atoms with Crippen LogP contribution in [-0.2, 0) is 0 Å². The molecule has 0 spiro atoms. The molecule has 0 atom stereocenters. The zero-order chi connectivity index (χ0) is 11.5. The number of pyridine rings is 1. The van der Waals surface area contributed by atoms with E-state index < -0.39 is 0 Å². The molecule has 0 fully saturated rings. The number of hydrogen-bond donors (Lipinski definition) is 0. The molecule has 16 heavy (non-hydrogen) atoms. The molecule has 0 N–H and O–H groups in total. The van der Waals surface area contributed by atoms with Crippen LogP contribution in [0, 0.1) is 5.82 Å². The summed E-state index contributed by atoms with van der Waals surface area (Å²) in [5.74, 6) is -0.337. The monoisotopic (exact) mass is 235 g/mol. The molecule has 0 aliphatic carbocycles. The molecule has 80 valence electrons. The van der Waals surface area contributed by atoms with E-state index >= 15 is 0 Å². The van der Waals surface area contributed by atoms with E-state index in [1.807, 2.05) is 0 Å². The molecule has 4 heteroatoms. The summed E-state index contributed by atoms with van der Waals surface area (Å²) in [7, 11) is 0. The molecule has 0 aliphatic rings. The second-order valence-corrected chi connectivity index (χ2v) is 3.55. The minimum atomic E-state index is -0.337. The van der Waals surface area contributed by atoms with Gasteiger partial charge in [-0.15, -0.1) is 0 Å². The Labute approximate surface area is 96.7 Å². The molecule has 0 saturated carbocycles. The van der Waals surface area contributed by atoms with E-state index in [1.54, 1.807) is 18.2 Å². The summed E-state index contributed by atoms with van der Waals surface area (Å²) in [6, 6.07) is 7.31. The summed E-state index contributed by atoms with van der Waals surface area (Å²) in [5, 5.41) is 0.233. The van der Waals surface area contributed by atoms with Crippen molar-refractivity contribution in [1.29, 1.82) is 0 Å². The van der Waals surface area contributed by atoms with Gasteiger partial charge in [-0.1, -0.05) is 23.7 Å². The largest absolute Gasteiger partial charge is 0.298 e.